The number of ether oxygens (including phenoxy) is 1. The highest BCUT2D eigenvalue weighted by atomic mass is 16.5. The van der Waals surface area contributed by atoms with Crippen molar-refractivity contribution in [3.8, 4) is 0 Å². The molecule has 7 heteroatoms. The average molecular weight is 332 g/mol. The van der Waals surface area contributed by atoms with Gasteiger partial charge in [-0.25, -0.2) is 4.98 Å². The molecule has 0 radical (unpaired) electrons. The number of carbonyl (C=O) groups excluding carboxylic acids is 2. The zero-order valence-electron chi connectivity index (χ0n) is 13.9. The maximum Gasteiger partial charge on any atom is 0.255 e. The van der Waals surface area contributed by atoms with Crippen LogP contribution in [0, 0.1) is 0 Å². The van der Waals surface area contributed by atoms with Gasteiger partial charge >= 0.3 is 0 Å². The van der Waals surface area contributed by atoms with E-state index in [-0.39, 0.29) is 11.8 Å². The van der Waals surface area contributed by atoms with Crippen LogP contribution in [0.5, 0.6) is 0 Å². The molecule has 1 aromatic heterocycles. The molecule has 2 aliphatic rings. The second kappa shape index (κ2) is 8.10. The molecule has 0 aromatic carbocycles. The molecule has 1 aromatic rings. The summed E-state index contributed by atoms with van der Waals surface area (Å²) in [6.45, 7) is 4.91. The van der Waals surface area contributed by atoms with Crippen LogP contribution in [0.2, 0.25) is 0 Å². The SMILES string of the molecule is O=C(NCCCN1CCCC1=O)c1cccnc1N1CCOCC1. The maximum absolute atomic E-state index is 12.5. The van der Waals surface area contributed by atoms with E-state index in [1.54, 1.807) is 18.3 Å². The van der Waals surface area contributed by atoms with Crippen LogP contribution in [-0.2, 0) is 9.53 Å². The Morgan fingerprint density at radius 1 is 1.29 bits per heavy atom. The van der Waals surface area contributed by atoms with Crippen molar-refractivity contribution in [1.29, 1.82) is 0 Å². The zero-order chi connectivity index (χ0) is 16.8. The molecule has 0 saturated carbocycles. The first kappa shape index (κ1) is 16.7. The maximum atomic E-state index is 12.5. The van der Waals surface area contributed by atoms with Crippen molar-refractivity contribution in [1.82, 2.24) is 15.2 Å². The molecule has 0 bridgehead atoms. The molecule has 0 aliphatic carbocycles. The minimum Gasteiger partial charge on any atom is -0.378 e. The van der Waals surface area contributed by atoms with Crippen molar-refractivity contribution in [3.05, 3.63) is 23.9 Å². The Morgan fingerprint density at radius 3 is 2.88 bits per heavy atom. The van der Waals surface area contributed by atoms with E-state index in [0.29, 0.717) is 44.1 Å². The molecule has 3 heterocycles. The van der Waals surface area contributed by atoms with Gasteiger partial charge in [0.1, 0.15) is 5.82 Å². The predicted molar refractivity (Wildman–Crippen MR) is 90.0 cm³/mol. The number of pyridine rings is 1. The number of morpholine rings is 1. The normalized spacial score (nSPS) is 18.1. The monoisotopic (exact) mass is 332 g/mol. The fraction of sp³-hybridized carbons (Fsp3) is 0.588. The van der Waals surface area contributed by atoms with E-state index in [9.17, 15) is 9.59 Å². The van der Waals surface area contributed by atoms with Gasteiger partial charge in [-0.2, -0.15) is 0 Å². The van der Waals surface area contributed by atoms with Crippen molar-refractivity contribution in [2.24, 2.45) is 0 Å². The van der Waals surface area contributed by atoms with E-state index < -0.39 is 0 Å². The largest absolute Gasteiger partial charge is 0.378 e. The van der Waals surface area contributed by atoms with Crippen LogP contribution in [0.1, 0.15) is 29.6 Å². The Kier molecular flexibility index (Phi) is 5.63. The molecule has 0 unspecified atom stereocenters. The highest BCUT2D eigenvalue weighted by molar-refractivity contribution is 5.98. The summed E-state index contributed by atoms with van der Waals surface area (Å²) < 4.78 is 5.36. The van der Waals surface area contributed by atoms with Crippen molar-refractivity contribution >= 4 is 17.6 Å². The Labute approximate surface area is 142 Å². The average Bonchev–Trinajstić information content (AvgIpc) is 3.04. The summed E-state index contributed by atoms with van der Waals surface area (Å²) in [5.74, 6) is 0.827. The third kappa shape index (κ3) is 4.03. The lowest BCUT2D eigenvalue weighted by atomic mass is 10.2. The van der Waals surface area contributed by atoms with Crippen molar-refractivity contribution < 1.29 is 14.3 Å². The Morgan fingerprint density at radius 2 is 2.12 bits per heavy atom. The molecule has 3 rings (SSSR count). The number of hydrogen-bond acceptors (Lipinski definition) is 5. The predicted octanol–water partition coefficient (Wildman–Crippen LogP) is 0.660. The summed E-state index contributed by atoms with van der Waals surface area (Å²) >= 11 is 0. The summed E-state index contributed by atoms with van der Waals surface area (Å²) in [6, 6.07) is 3.58. The van der Waals surface area contributed by atoms with Gasteiger partial charge in [0.05, 0.1) is 18.8 Å². The van der Waals surface area contributed by atoms with E-state index in [0.717, 1.165) is 32.5 Å². The zero-order valence-corrected chi connectivity index (χ0v) is 13.9. The number of amides is 2. The van der Waals surface area contributed by atoms with E-state index in [1.807, 2.05) is 4.90 Å². The summed E-state index contributed by atoms with van der Waals surface area (Å²) in [5, 5.41) is 2.94. The Bertz CT molecular complexity index is 587. The standard InChI is InChI=1S/C17H24N4O3/c22-15-5-2-8-20(15)9-3-7-19-17(23)14-4-1-6-18-16(14)21-10-12-24-13-11-21/h1,4,6H,2-3,5,7-13H2,(H,19,23). The van der Waals surface area contributed by atoms with Crippen LogP contribution in [0.15, 0.2) is 18.3 Å². The van der Waals surface area contributed by atoms with E-state index in [2.05, 4.69) is 15.2 Å². The van der Waals surface area contributed by atoms with Crippen LogP contribution in [0.4, 0.5) is 5.82 Å². The first-order chi connectivity index (χ1) is 11.8. The molecule has 2 fully saturated rings. The lowest BCUT2D eigenvalue weighted by Gasteiger charge is -2.29. The third-order valence-corrected chi connectivity index (χ3v) is 4.40. The second-order valence-corrected chi connectivity index (χ2v) is 6.07. The summed E-state index contributed by atoms with van der Waals surface area (Å²) in [5.41, 5.74) is 0.594. The number of hydrogen-bond donors (Lipinski definition) is 1. The van der Waals surface area contributed by atoms with Crippen LogP contribution in [0.3, 0.4) is 0 Å². The summed E-state index contributed by atoms with van der Waals surface area (Å²) in [6.07, 6.45) is 4.08. The second-order valence-electron chi connectivity index (χ2n) is 6.07. The highest BCUT2D eigenvalue weighted by Gasteiger charge is 2.21. The molecule has 0 spiro atoms. The number of nitrogens with zero attached hydrogens (tertiary/aromatic N) is 3. The highest BCUT2D eigenvalue weighted by Crippen LogP contribution is 2.18. The van der Waals surface area contributed by atoms with Crippen LogP contribution >= 0.6 is 0 Å². The molecule has 7 nitrogen and oxygen atoms in total. The van der Waals surface area contributed by atoms with Crippen LogP contribution in [0.25, 0.3) is 0 Å². The van der Waals surface area contributed by atoms with Gasteiger partial charge in [-0.3, -0.25) is 9.59 Å². The minimum absolute atomic E-state index is 0.114. The van der Waals surface area contributed by atoms with Gasteiger partial charge in [-0.15, -0.1) is 0 Å². The van der Waals surface area contributed by atoms with E-state index in [1.165, 1.54) is 0 Å². The number of aromatic nitrogens is 1. The number of carbonyl (C=O) groups is 2. The Hall–Kier alpha value is -2.15. The van der Waals surface area contributed by atoms with Gasteiger partial charge in [0.2, 0.25) is 5.91 Å². The van der Waals surface area contributed by atoms with Gasteiger partial charge in [-0.05, 0) is 25.0 Å². The molecule has 130 valence electrons. The topological polar surface area (TPSA) is 74.8 Å². The van der Waals surface area contributed by atoms with E-state index >= 15 is 0 Å². The van der Waals surface area contributed by atoms with E-state index in [4.69, 9.17) is 4.74 Å². The summed E-state index contributed by atoms with van der Waals surface area (Å²) in [4.78, 5) is 32.4. The number of anilines is 1. The molecule has 2 aliphatic heterocycles. The molecule has 1 N–H and O–H groups in total. The van der Waals surface area contributed by atoms with Gasteiger partial charge in [0, 0.05) is 45.3 Å². The van der Waals surface area contributed by atoms with Crippen molar-refractivity contribution in [2.75, 3.05) is 50.8 Å². The fourth-order valence-electron chi connectivity index (χ4n) is 3.11. The third-order valence-electron chi connectivity index (χ3n) is 4.40. The molecule has 24 heavy (non-hydrogen) atoms. The lowest BCUT2D eigenvalue weighted by Crippen LogP contribution is -2.38. The first-order valence-electron chi connectivity index (χ1n) is 8.59. The first-order valence-corrected chi connectivity index (χ1v) is 8.59. The smallest absolute Gasteiger partial charge is 0.255 e. The van der Waals surface area contributed by atoms with Crippen molar-refractivity contribution in [3.63, 3.8) is 0 Å². The molecule has 0 atom stereocenters. The van der Waals surface area contributed by atoms with Gasteiger partial charge in [-0.1, -0.05) is 0 Å². The number of rotatable bonds is 6. The number of likely N-dealkylation sites (tertiary alicyclic amines) is 1. The molecular weight excluding hydrogens is 308 g/mol. The quantitative estimate of drug-likeness (QED) is 0.775. The molecule has 2 saturated heterocycles. The van der Waals surface area contributed by atoms with Gasteiger partial charge in [0.15, 0.2) is 0 Å². The van der Waals surface area contributed by atoms with Gasteiger partial charge < -0.3 is 19.9 Å². The number of nitrogens with one attached hydrogen (secondary N) is 1. The van der Waals surface area contributed by atoms with Crippen LogP contribution in [-0.4, -0.2) is 67.6 Å². The Balaban J connectivity index is 1.52. The van der Waals surface area contributed by atoms with Crippen molar-refractivity contribution in [2.45, 2.75) is 19.3 Å². The fourth-order valence-corrected chi connectivity index (χ4v) is 3.11. The van der Waals surface area contributed by atoms with Crippen LogP contribution < -0.4 is 10.2 Å². The lowest BCUT2D eigenvalue weighted by molar-refractivity contribution is -0.127. The summed E-state index contributed by atoms with van der Waals surface area (Å²) in [7, 11) is 0. The minimum atomic E-state index is -0.114. The van der Waals surface area contributed by atoms with Gasteiger partial charge in [0.25, 0.3) is 5.91 Å². The molecular formula is C17H24N4O3. The molecule has 2 amide bonds.